The van der Waals surface area contributed by atoms with E-state index in [2.05, 4.69) is 10.3 Å². The monoisotopic (exact) mass is 410 g/mol. The Kier molecular flexibility index (Phi) is 4.43. The number of methoxy groups -OCH3 is 1. The normalized spacial score (nSPS) is 20.9. The summed E-state index contributed by atoms with van der Waals surface area (Å²) in [5.74, 6) is 0. The van der Waals surface area contributed by atoms with Gasteiger partial charge in [0.2, 0.25) is 0 Å². The van der Waals surface area contributed by atoms with Gasteiger partial charge >= 0.3 is 12.1 Å². The Labute approximate surface area is 163 Å². The standard InChI is InChI=1S/C17H16ClFN4O3S/c1-26-16(25)22-5-4-17(8-22)9-23(12-3-2-10(18)6-11(12)17)15(24)21-14-20-7-13(19)27-14/h2-3,6-7H,4-5,8-9H2,1H3,(H,20,21,24)/t17-/m1/s1. The van der Waals surface area contributed by atoms with Crippen molar-refractivity contribution in [3.8, 4) is 0 Å². The molecule has 1 aromatic carbocycles. The number of nitrogens with one attached hydrogen (secondary N) is 1. The van der Waals surface area contributed by atoms with Gasteiger partial charge in [-0.05, 0) is 30.2 Å². The minimum Gasteiger partial charge on any atom is -0.453 e. The fourth-order valence-corrected chi connectivity index (χ4v) is 4.51. The molecule has 3 heterocycles. The van der Waals surface area contributed by atoms with Crippen LogP contribution in [0, 0.1) is 5.13 Å². The first kappa shape index (κ1) is 18.0. The zero-order valence-corrected chi connectivity index (χ0v) is 15.9. The predicted molar refractivity (Wildman–Crippen MR) is 100 cm³/mol. The van der Waals surface area contributed by atoms with Gasteiger partial charge in [-0.2, -0.15) is 4.39 Å². The Morgan fingerprint density at radius 3 is 2.93 bits per heavy atom. The van der Waals surface area contributed by atoms with Gasteiger partial charge in [0.1, 0.15) is 0 Å². The lowest BCUT2D eigenvalue weighted by Crippen LogP contribution is -2.41. The van der Waals surface area contributed by atoms with E-state index in [9.17, 15) is 14.0 Å². The minimum absolute atomic E-state index is 0.191. The molecule has 1 atom stereocenters. The van der Waals surface area contributed by atoms with Crippen molar-refractivity contribution < 1.29 is 18.7 Å². The van der Waals surface area contributed by atoms with Gasteiger partial charge in [0, 0.05) is 35.8 Å². The average molecular weight is 411 g/mol. The van der Waals surface area contributed by atoms with Crippen molar-refractivity contribution in [2.45, 2.75) is 11.8 Å². The highest BCUT2D eigenvalue weighted by atomic mass is 35.5. The number of anilines is 2. The van der Waals surface area contributed by atoms with Crippen LogP contribution in [0.5, 0.6) is 0 Å². The number of halogens is 2. The van der Waals surface area contributed by atoms with E-state index in [-0.39, 0.29) is 5.13 Å². The summed E-state index contributed by atoms with van der Waals surface area (Å²) in [5.41, 5.74) is 1.22. The van der Waals surface area contributed by atoms with E-state index in [1.807, 2.05) is 6.07 Å². The Balaban J connectivity index is 1.64. The van der Waals surface area contributed by atoms with Crippen LogP contribution in [0.25, 0.3) is 0 Å². The number of nitrogens with zero attached hydrogens (tertiary/aromatic N) is 3. The van der Waals surface area contributed by atoms with Crippen LogP contribution < -0.4 is 10.2 Å². The maximum atomic E-state index is 13.2. The number of thiazole rings is 1. The third-order valence-corrected chi connectivity index (χ3v) is 5.94. The molecule has 1 aromatic heterocycles. The van der Waals surface area contributed by atoms with Gasteiger partial charge in [-0.1, -0.05) is 22.9 Å². The van der Waals surface area contributed by atoms with Gasteiger partial charge in [-0.3, -0.25) is 10.2 Å². The summed E-state index contributed by atoms with van der Waals surface area (Å²) in [5, 5.41) is 2.91. The average Bonchev–Trinajstić information content (AvgIpc) is 3.34. The number of ether oxygens (including phenoxy) is 1. The molecule has 27 heavy (non-hydrogen) atoms. The topological polar surface area (TPSA) is 74.8 Å². The summed E-state index contributed by atoms with van der Waals surface area (Å²) < 4.78 is 18.0. The number of likely N-dealkylation sites (tertiary alicyclic amines) is 1. The summed E-state index contributed by atoms with van der Waals surface area (Å²) in [4.78, 5) is 31.8. The van der Waals surface area contributed by atoms with Crippen LogP contribution >= 0.6 is 22.9 Å². The van der Waals surface area contributed by atoms with Gasteiger partial charge in [-0.15, -0.1) is 0 Å². The van der Waals surface area contributed by atoms with E-state index < -0.39 is 22.7 Å². The predicted octanol–water partition coefficient (Wildman–Crippen LogP) is 3.70. The molecule has 0 saturated carbocycles. The lowest BCUT2D eigenvalue weighted by Gasteiger charge is -2.25. The Morgan fingerprint density at radius 1 is 1.41 bits per heavy atom. The summed E-state index contributed by atoms with van der Waals surface area (Å²) in [7, 11) is 1.35. The van der Waals surface area contributed by atoms with Crippen LogP contribution in [-0.4, -0.2) is 48.8 Å². The van der Waals surface area contributed by atoms with Crippen molar-refractivity contribution in [2.75, 3.05) is 37.0 Å². The second kappa shape index (κ2) is 6.65. The van der Waals surface area contributed by atoms with Crippen molar-refractivity contribution in [3.63, 3.8) is 0 Å². The Bertz CT molecular complexity index is 923. The number of hydrogen-bond donors (Lipinski definition) is 1. The van der Waals surface area contributed by atoms with E-state index in [1.165, 1.54) is 7.11 Å². The van der Waals surface area contributed by atoms with Crippen molar-refractivity contribution in [1.82, 2.24) is 9.88 Å². The number of carbonyl (C=O) groups excluding carboxylic acids is 2. The highest BCUT2D eigenvalue weighted by molar-refractivity contribution is 7.14. The number of fused-ring (bicyclic) bond motifs is 2. The van der Waals surface area contributed by atoms with E-state index in [4.69, 9.17) is 16.3 Å². The van der Waals surface area contributed by atoms with Crippen molar-refractivity contribution >= 4 is 45.9 Å². The van der Waals surface area contributed by atoms with Crippen LogP contribution in [-0.2, 0) is 10.2 Å². The third kappa shape index (κ3) is 3.10. The van der Waals surface area contributed by atoms with Crippen LogP contribution in [0.3, 0.4) is 0 Å². The highest BCUT2D eigenvalue weighted by Gasteiger charge is 2.50. The first-order valence-electron chi connectivity index (χ1n) is 8.25. The minimum atomic E-state index is -0.472. The van der Waals surface area contributed by atoms with Crippen LogP contribution in [0.1, 0.15) is 12.0 Å². The van der Waals surface area contributed by atoms with Crippen LogP contribution in [0.15, 0.2) is 24.4 Å². The smallest absolute Gasteiger partial charge is 0.409 e. The lowest BCUT2D eigenvalue weighted by atomic mass is 9.81. The third-order valence-electron chi connectivity index (χ3n) is 5.00. The molecule has 2 aliphatic heterocycles. The molecule has 0 aliphatic carbocycles. The van der Waals surface area contributed by atoms with E-state index in [1.54, 1.807) is 21.9 Å². The molecule has 1 saturated heterocycles. The molecule has 1 N–H and O–H groups in total. The second-order valence-corrected chi connectivity index (χ2v) is 7.99. The van der Waals surface area contributed by atoms with Gasteiger partial charge in [0.15, 0.2) is 10.3 Å². The SMILES string of the molecule is COC(=O)N1CC[C@@]2(C1)CN(C(=O)Nc1ncc(F)s1)c1ccc(Cl)cc12. The lowest BCUT2D eigenvalue weighted by molar-refractivity contribution is 0.131. The summed E-state index contributed by atoms with van der Waals surface area (Å²) >= 11 is 6.96. The van der Waals surface area contributed by atoms with Gasteiger partial charge in [0.25, 0.3) is 0 Å². The molecule has 2 aliphatic rings. The van der Waals surface area contributed by atoms with Crippen molar-refractivity contribution in [1.29, 1.82) is 0 Å². The molecule has 2 aromatic rings. The zero-order chi connectivity index (χ0) is 19.2. The molecular weight excluding hydrogens is 395 g/mol. The summed E-state index contributed by atoms with van der Waals surface area (Å²) in [6.45, 7) is 1.35. The van der Waals surface area contributed by atoms with Gasteiger partial charge in [0.05, 0.1) is 13.3 Å². The quantitative estimate of drug-likeness (QED) is 0.777. The number of carbonyl (C=O) groups is 2. The molecule has 10 heteroatoms. The van der Waals surface area contributed by atoms with E-state index >= 15 is 0 Å². The first-order chi connectivity index (χ1) is 12.9. The molecule has 0 bridgehead atoms. The van der Waals surface area contributed by atoms with Gasteiger partial charge < -0.3 is 9.64 Å². The van der Waals surface area contributed by atoms with Crippen molar-refractivity contribution in [2.24, 2.45) is 0 Å². The molecule has 0 radical (unpaired) electrons. The van der Waals surface area contributed by atoms with Crippen molar-refractivity contribution in [3.05, 3.63) is 40.1 Å². The number of rotatable bonds is 1. The second-order valence-electron chi connectivity index (χ2n) is 6.57. The molecule has 4 rings (SSSR count). The highest BCUT2D eigenvalue weighted by Crippen LogP contribution is 2.47. The fraction of sp³-hybridized carbons (Fsp3) is 0.353. The van der Waals surface area contributed by atoms with Gasteiger partial charge in [-0.25, -0.2) is 14.6 Å². The van der Waals surface area contributed by atoms with E-state index in [0.717, 1.165) is 28.8 Å². The molecule has 1 fully saturated rings. The maximum Gasteiger partial charge on any atom is 0.409 e. The fourth-order valence-electron chi connectivity index (χ4n) is 3.80. The maximum absolute atomic E-state index is 13.2. The number of urea groups is 1. The summed E-state index contributed by atoms with van der Waals surface area (Å²) in [6, 6.07) is 4.94. The largest absolute Gasteiger partial charge is 0.453 e. The summed E-state index contributed by atoms with van der Waals surface area (Å²) in [6.07, 6.45) is 1.35. The molecule has 142 valence electrons. The number of amides is 3. The molecule has 7 nitrogen and oxygen atoms in total. The first-order valence-corrected chi connectivity index (χ1v) is 9.44. The molecule has 3 amide bonds. The van der Waals surface area contributed by atoms with Crippen LogP contribution in [0.4, 0.5) is 24.8 Å². The molecular formula is C17H16ClFN4O3S. The van der Waals surface area contributed by atoms with Crippen LogP contribution in [0.2, 0.25) is 5.02 Å². The number of aromatic nitrogens is 1. The molecule has 0 unspecified atom stereocenters. The Hall–Kier alpha value is -2.39. The van der Waals surface area contributed by atoms with E-state index in [0.29, 0.717) is 31.1 Å². The Morgan fingerprint density at radius 2 is 2.22 bits per heavy atom. The molecule has 1 spiro atoms. The zero-order valence-electron chi connectivity index (χ0n) is 14.4. The number of benzene rings is 1. The number of hydrogen-bond acceptors (Lipinski definition) is 5.